The molecule has 1 aromatic heterocycles. The molecule has 0 aliphatic heterocycles. The molecule has 9 heteroatoms. The highest BCUT2D eigenvalue weighted by atomic mass is 19.4. The SMILES string of the molecule is Cc1ccc(OCCC[n+]2ccccc2CCCO)c(F)c1.O=C([O-])C(F)(F)F. The molecule has 160 valence electrons. The second-order valence-corrected chi connectivity index (χ2v) is 6.13. The van der Waals surface area contributed by atoms with E-state index in [1.807, 2.05) is 31.3 Å². The van der Waals surface area contributed by atoms with Crippen molar-refractivity contribution < 1.29 is 41.9 Å². The predicted molar refractivity (Wildman–Crippen MR) is 94.4 cm³/mol. The van der Waals surface area contributed by atoms with Crippen LogP contribution in [0.3, 0.4) is 0 Å². The molecule has 2 rings (SSSR count). The Balaban J connectivity index is 0.000000516. The molecule has 0 unspecified atom stereocenters. The quantitative estimate of drug-likeness (QED) is 0.406. The van der Waals surface area contributed by atoms with Crippen LogP contribution in [0.4, 0.5) is 17.6 Å². The highest BCUT2D eigenvalue weighted by Gasteiger charge is 2.28. The fourth-order valence-corrected chi connectivity index (χ4v) is 2.36. The van der Waals surface area contributed by atoms with Crippen molar-refractivity contribution in [1.82, 2.24) is 0 Å². The zero-order valence-corrected chi connectivity index (χ0v) is 15.9. The lowest BCUT2D eigenvalue weighted by Gasteiger charge is -2.07. The van der Waals surface area contributed by atoms with Gasteiger partial charge in [-0.15, -0.1) is 0 Å². The molecule has 0 aliphatic rings. The topological polar surface area (TPSA) is 73.5 Å². The van der Waals surface area contributed by atoms with Crippen molar-refractivity contribution >= 4 is 5.97 Å². The van der Waals surface area contributed by atoms with Gasteiger partial charge in [-0.1, -0.05) is 12.1 Å². The van der Waals surface area contributed by atoms with E-state index in [1.54, 1.807) is 6.07 Å². The lowest BCUT2D eigenvalue weighted by molar-refractivity contribution is -0.704. The molecule has 0 fully saturated rings. The summed E-state index contributed by atoms with van der Waals surface area (Å²) in [6, 6.07) is 11.1. The van der Waals surface area contributed by atoms with Crippen LogP contribution in [0.2, 0.25) is 0 Å². The highest BCUT2D eigenvalue weighted by Crippen LogP contribution is 2.17. The number of alkyl halides is 3. The Morgan fingerprint density at radius 1 is 1.21 bits per heavy atom. The first kappa shape index (κ1) is 24.4. The maximum Gasteiger partial charge on any atom is 0.430 e. The third-order valence-corrected chi connectivity index (χ3v) is 3.75. The van der Waals surface area contributed by atoms with E-state index in [1.165, 1.54) is 11.8 Å². The third-order valence-electron chi connectivity index (χ3n) is 3.75. The second-order valence-electron chi connectivity index (χ2n) is 6.13. The molecule has 5 nitrogen and oxygen atoms in total. The Morgan fingerprint density at radius 3 is 2.48 bits per heavy atom. The predicted octanol–water partition coefficient (Wildman–Crippen LogP) is 2.11. The summed E-state index contributed by atoms with van der Waals surface area (Å²) in [5.74, 6) is -3.01. The molecule has 0 saturated carbocycles. The summed E-state index contributed by atoms with van der Waals surface area (Å²) in [6.45, 7) is 3.34. The summed E-state index contributed by atoms with van der Waals surface area (Å²) in [5.41, 5.74) is 2.08. The monoisotopic (exact) mass is 417 g/mol. The molecular weight excluding hydrogens is 394 g/mol. The van der Waals surface area contributed by atoms with Crippen LogP contribution in [0, 0.1) is 12.7 Å². The summed E-state index contributed by atoms with van der Waals surface area (Å²) in [7, 11) is 0. The minimum Gasteiger partial charge on any atom is -0.542 e. The van der Waals surface area contributed by atoms with E-state index in [0.717, 1.165) is 31.4 Å². The van der Waals surface area contributed by atoms with E-state index >= 15 is 0 Å². The van der Waals surface area contributed by atoms with Crippen LogP contribution >= 0.6 is 0 Å². The maximum atomic E-state index is 13.7. The molecule has 0 bridgehead atoms. The van der Waals surface area contributed by atoms with Gasteiger partial charge in [0.25, 0.3) is 0 Å². The minimum absolute atomic E-state index is 0.199. The van der Waals surface area contributed by atoms with Gasteiger partial charge in [-0.3, -0.25) is 0 Å². The number of hydrogen-bond donors (Lipinski definition) is 1. The number of aliphatic carboxylic acids is 1. The van der Waals surface area contributed by atoms with Crippen LogP contribution in [-0.2, 0) is 17.8 Å². The number of nitrogens with zero attached hydrogens (tertiary/aromatic N) is 1. The largest absolute Gasteiger partial charge is 0.542 e. The number of carboxylic acids is 1. The van der Waals surface area contributed by atoms with E-state index in [9.17, 15) is 17.6 Å². The van der Waals surface area contributed by atoms with Crippen LogP contribution in [0.25, 0.3) is 0 Å². The Bertz CT molecular complexity index is 781. The van der Waals surface area contributed by atoms with E-state index in [2.05, 4.69) is 10.6 Å². The zero-order chi connectivity index (χ0) is 21.9. The van der Waals surface area contributed by atoms with Crippen LogP contribution in [0.15, 0.2) is 42.6 Å². The number of hydrogen-bond acceptors (Lipinski definition) is 4. The van der Waals surface area contributed by atoms with Gasteiger partial charge in [0.15, 0.2) is 30.0 Å². The van der Waals surface area contributed by atoms with Crippen molar-refractivity contribution in [3.8, 4) is 5.75 Å². The molecular formula is C20H23F4NO4. The molecule has 0 atom stereocenters. The molecule has 0 spiro atoms. The van der Waals surface area contributed by atoms with E-state index in [0.29, 0.717) is 12.4 Å². The smallest absolute Gasteiger partial charge is 0.430 e. The number of aryl methyl sites for hydroxylation is 3. The fourth-order valence-electron chi connectivity index (χ4n) is 2.36. The molecule has 0 saturated heterocycles. The summed E-state index contributed by atoms with van der Waals surface area (Å²) in [5, 5.41) is 17.7. The van der Waals surface area contributed by atoms with Crippen molar-refractivity contribution in [2.45, 2.75) is 38.9 Å². The number of aliphatic hydroxyl groups excluding tert-OH is 1. The van der Waals surface area contributed by atoms with Crippen molar-refractivity contribution in [2.75, 3.05) is 13.2 Å². The molecule has 1 N–H and O–H groups in total. The highest BCUT2D eigenvalue weighted by molar-refractivity contribution is 5.70. The van der Waals surface area contributed by atoms with Crippen LogP contribution in [0.5, 0.6) is 5.75 Å². The van der Waals surface area contributed by atoms with Crippen molar-refractivity contribution in [1.29, 1.82) is 0 Å². The number of benzene rings is 1. The molecule has 2 aromatic rings. The van der Waals surface area contributed by atoms with Crippen molar-refractivity contribution in [2.24, 2.45) is 0 Å². The number of rotatable bonds is 8. The van der Waals surface area contributed by atoms with Gasteiger partial charge in [-0.25, -0.2) is 8.96 Å². The average Bonchev–Trinajstić information content (AvgIpc) is 2.65. The summed E-state index contributed by atoms with van der Waals surface area (Å²) in [6.07, 6.45) is -0.757. The number of carbonyl (C=O) groups is 1. The molecule has 1 heterocycles. The van der Waals surface area contributed by atoms with Crippen LogP contribution < -0.4 is 14.4 Å². The summed E-state index contributed by atoms with van der Waals surface area (Å²) < 4.78 is 52.9. The molecule has 0 radical (unpaired) electrons. The Hall–Kier alpha value is -2.68. The van der Waals surface area contributed by atoms with Gasteiger partial charge in [-0.05, 0) is 31.0 Å². The second kappa shape index (κ2) is 12.0. The lowest BCUT2D eigenvalue weighted by atomic mass is 10.2. The number of ether oxygens (including phenoxy) is 1. The normalized spacial score (nSPS) is 10.8. The number of pyridine rings is 1. The van der Waals surface area contributed by atoms with Gasteiger partial charge in [0.2, 0.25) is 0 Å². The Morgan fingerprint density at radius 2 is 1.90 bits per heavy atom. The van der Waals surface area contributed by atoms with Gasteiger partial charge < -0.3 is 19.7 Å². The van der Waals surface area contributed by atoms with Crippen LogP contribution in [0.1, 0.15) is 24.1 Å². The van der Waals surface area contributed by atoms with Crippen LogP contribution in [-0.4, -0.2) is 30.5 Å². The fraction of sp³-hybridized carbons (Fsp3) is 0.400. The van der Waals surface area contributed by atoms with Gasteiger partial charge in [0.05, 0.1) is 6.61 Å². The molecule has 0 aliphatic carbocycles. The number of halogens is 4. The standard InChI is InChI=1S/C18H23FNO2.C2HF3O2/c1-15-8-9-18(17(19)14-15)22-13-5-11-20-10-3-2-6-16(20)7-4-12-21;3-2(4,5)1(6)7/h2-3,6,8-10,14,21H,4-5,7,11-13H2,1H3;(H,6,7)/q+1;/p-1. The number of aromatic nitrogens is 1. The van der Waals surface area contributed by atoms with Gasteiger partial charge >= 0.3 is 6.18 Å². The maximum absolute atomic E-state index is 13.7. The Labute approximate surface area is 166 Å². The zero-order valence-electron chi connectivity index (χ0n) is 15.9. The number of aliphatic hydroxyl groups is 1. The summed E-state index contributed by atoms with van der Waals surface area (Å²) >= 11 is 0. The average molecular weight is 417 g/mol. The number of carbonyl (C=O) groups excluding carboxylic acids is 1. The van der Waals surface area contributed by atoms with E-state index < -0.39 is 12.1 Å². The van der Waals surface area contributed by atoms with Crippen molar-refractivity contribution in [3.05, 3.63) is 59.7 Å². The van der Waals surface area contributed by atoms with Gasteiger partial charge in [0, 0.05) is 31.6 Å². The molecule has 29 heavy (non-hydrogen) atoms. The lowest BCUT2D eigenvalue weighted by Crippen LogP contribution is -2.38. The van der Waals surface area contributed by atoms with Crippen molar-refractivity contribution in [3.63, 3.8) is 0 Å². The number of carboxylic acid groups (broad SMARTS) is 1. The first-order chi connectivity index (χ1) is 13.6. The third kappa shape index (κ3) is 9.38. The first-order valence-electron chi connectivity index (χ1n) is 8.90. The van der Waals surface area contributed by atoms with Gasteiger partial charge in [0.1, 0.15) is 5.97 Å². The summed E-state index contributed by atoms with van der Waals surface area (Å²) in [4.78, 5) is 8.78. The van der Waals surface area contributed by atoms with Gasteiger partial charge in [-0.2, -0.15) is 13.2 Å². The molecule has 1 aromatic carbocycles. The Kier molecular flexibility index (Phi) is 10.1. The molecule has 0 amide bonds. The minimum atomic E-state index is -5.19. The van der Waals surface area contributed by atoms with E-state index in [-0.39, 0.29) is 12.4 Å². The van der Waals surface area contributed by atoms with E-state index in [4.69, 9.17) is 19.7 Å². The first-order valence-corrected chi connectivity index (χ1v) is 8.90.